The van der Waals surface area contributed by atoms with Crippen molar-refractivity contribution in [1.82, 2.24) is 9.21 Å². The van der Waals surface area contributed by atoms with Gasteiger partial charge in [-0.05, 0) is 43.1 Å². The van der Waals surface area contributed by atoms with Crippen molar-refractivity contribution in [2.75, 3.05) is 26.2 Å². The zero-order chi connectivity index (χ0) is 19.1. The molecule has 3 aliphatic heterocycles. The normalized spacial score (nSPS) is 26.7. The van der Waals surface area contributed by atoms with Gasteiger partial charge in [-0.25, -0.2) is 8.42 Å². The van der Waals surface area contributed by atoms with Crippen molar-refractivity contribution in [1.29, 1.82) is 0 Å². The summed E-state index contributed by atoms with van der Waals surface area (Å²) < 4.78 is 39.6. The Balaban J connectivity index is 1.26. The zero-order valence-electron chi connectivity index (χ0n) is 15.7. The molecule has 2 unspecified atom stereocenters. The fraction of sp³-hybridized carbons (Fsp3) is 0.429. The first-order chi connectivity index (χ1) is 13.6. The van der Waals surface area contributed by atoms with Crippen molar-refractivity contribution in [3.8, 4) is 11.5 Å². The van der Waals surface area contributed by atoms with Crippen LogP contribution in [0.1, 0.15) is 18.4 Å². The number of nitrogens with zero attached hydrogens (tertiary/aromatic N) is 2. The van der Waals surface area contributed by atoms with E-state index in [0.717, 1.165) is 49.5 Å². The second kappa shape index (κ2) is 7.06. The Labute approximate surface area is 165 Å². The summed E-state index contributed by atoms with van der Waals surface area (Å²) in [6.07, 6.45) is 1.84. The van der Waals surface area contributed by atoms with E-state index >= 15 is 0 Å². The third-order valence-electron chi connectivity index (χ3n) is 5.80. The van der Waals surface area contributed by atoms with Crippen molar-refractivity contribution in [2.24, 2.45) is 0 Å². The summed E-state index contributed by atoms with van der Waals surface area (Å²) >= 11 is 0. The molecular weight excluding hydrogens is 376 g/mol. The molecule has 6 nitrogen and oxygen atoms in total. The summed E-state index contributed by atoms with van der Waals surface area (Å²) in [6.45, 7) is 3.43. The minimum Gasteiger partial charge on any atom is -0.486 e. The van der Waals surface area contributed by atoms with Gasteiger partial charge in [-0.2, -0.15) is 4.31 Å². The lowest BCUT2D eigenvalue weighted by atomic mass is 10.0. The lowest BCUT2D eigenvalue weighted by Crippen LogP contribution is -2.51. The second-order valence-corrected chi connectivity index (χ2v) is 9.57. The topological polar surface area (TPSA) is 59.1 Å². The van der Waals surface area contributed by atoms with Gasteiger partial charge in [0, 0.05) is 25.7 Å². The number of fused-ring (bicyclic) bond motifs is 2. The van der Waals surface area contributed by atoms with Crippen LogP contribution >= 0.6 is 0 Å². The van der Waals surface area contributed by atoms with Crippen LogP contribution in [0.4, 0.5) is 0 Å². The Bertz CT molecular complexity index is 978. The van der Waals surface area contributed by atoms with Gasteiger partial charge in [0.2, 0.25) is 10.0 Å². The zero-order valence-corrected chi connectivity index (χ0v) is 16.5. The molecule has 0 aliphatic carbocycles. The standard InChI is InChI=1S/C21H24N2O4S/c24-28(25)21-10-4-1-6-16(21)12-23(28)17-7-5-11-22(13-17)14-18-15-26-19-8-2-3-9-20(19)27-18/h1-4,6,8-10,17-18H,5,7,11-15H2. The van der Waals surface area contributed by atoms with Crippen molar-refractivity contribution in [3.63, 3.8) is 0 Å². The van der Waals surface area contributed by atoms with Crippen molar-refractivity contribution in [3.05, 3.63) is 54.1 Å². The molecule has 7 heteroatoms. The molecule has 1 saturated heterocycles. The number of piperidine rings is 1. The van der Waals surface area contributed by atoms with Gasteiger partial charge < -0.3 is 9.47 Å². The number of hydrogen-bond acceptors (Lipinski definition) is 5. The van der Waals surface area contributed by atoms with Crippen LogP contribution in [-0.4, -0.2) is 56.0 Å². The van der Waals surface area contributed by atoms with Gasteiger partial charge in [-0.15, -0.1) is 0 Å². The Kier molecular flexibility index (Phi) is 4.53. The number of hydrogen-bond donors (Lipinski definition) is 0. The van der Waals surface area contributed by atoms with Gasteiger partial charge in [0.15, 0.2) is 11.5 Å². The molecule has 0 aromatic heterocycles. The molecule has 0 bridgehead atoms. The minimum absolute atomic E-state index is 0.00273. The first-order valence-electron chi connectivity index (χ1n) is 9.82. The third kappa shape index (κ3) is 3.17. The van der Waals surface area contributed by atoms with E-state index in [2.05, 4.69) is 4.90 Å². The van der Waals surface area contributed by atoms with Crippen LogP contribution in [0.25, 0.3) is 0 Å². The summed E-state index contributed by atoms with van der Waals surface area (Å²) in [5, 5.41) is 0. The quantitative estimate of drug-likeness (QED) is 0.792. The average molecular weight is 401 g/mol. The van der Waals surface area contributed by atoms with E-state index in [9.17, 15) is 8.42 Å². The maximum absolute atomic E-state index is 13.0. The number of likely N-dealkylation sites (tertiary alicyclic amines) is 1. The largest absolute Gasteiger partial charge is 0.486 e. The van der Waals surface area contributed by atoms with E-state index in [-0.39, 0.29) is 12.1 Å². The van der Waals surface area contributed by atoms with Crippen LogP contribution in [-0.2, 0) is 16.6 Å². The summed E-state index contributed by atoms with van der Waals surface area (Å²) in [4.78, 5) is 2.78. The van der Waals surface area contributed by atoms with Gasteiger partial charge in [-0.3, -0.25) is 4.90 Å². The fourth-order valence-electron chi connectivity index (χ4n) is 4.46. The highest BCUT2D eigenvalue weighted by molar-refractivity contribution is 7.89. The molecule has 3 heterocycles. The number of ether oxygens (including phenoxy) is 2. The predicted molar refractivity (Wildman–Crippen MR) is 105 cm³/mol. The first-order valence-corrected chi connectivity index (χ1v) is 11.3. The van der Waals surface area contributed by atoms with Gasteiger partial charge in [0.25, 0.3) is 0 Å². The van der Waals surface area contributed by atoms with Crippen molar-refractivity contribution >= 4 is 10.0 Å². The van der Waals surface area contributed by atoms with Crippen LogP contribution in [0.15, 0.2) is 53.4 Å². The smallest absolute Gasteiger partial charge is 0.243 e. The molecule has 5 rings (SSSR count). The fourth-order valence-corrected chi connectivity index (χ4v) is 6.30. The molecule has 0 N–H and O–H groups in total. The molecule has 28 heavy (non-hydrogen) atoms. The lowest BCUT2D eigenvalue weighted by Gasteiger charge is -2.38. The molecule has 0 amide bonds. The highest BCUT2D eigenvalue weighted by Gasteiger charge is 2.40. The summed E-state index contributed by atoms with van der Waals surface area (Å²) in [5.41, 5.74) is 0.903. The number of para-hydroxylation sites is 2. The van der Waals surface area contributed by atoms with E-state index in [1.165, 1.54) is 0 Å². The van der Waals surface area contributed by atoms with Gasteiger partial charge >= 0.3 is 0 Å². The Morgan fingerprint density at radius 2 is 1.82 bits per heavy atom. The molecule has 2 aromatic rings. The number of sulfonamides is 1. The van der Waals surface area contributed by atoms with Crippen LogP contribution in [0.5, 0.6) is 11.5 Å². The SMILES string of the molecule is O=S1(=O)c2ccccc2CN1C1CCCN(CC2COc3ccccc3O2)C1. The molecule has 2 atom stereocenters. The summed E-state index contributed by atoms with van der Waals surface area (Å²) in [5.74, 6) is 1.57. The molecular formula is C21H24N2O4S. The van der Waals surface area contributed by atoms with Crippen LogP contribution in [0.3, 0.4) is 0 Å². The Morgan fingerprint density at radius 1 is 1.04 bits per heavy atom. The highest BCUT2D eigenvalue weighted by Crippen LogP contribution is 2.35. The minimum atomic E-state index is -3.39. The molecule has 0 spiro atoms. The number of rotatable bonds is 3. The number of benzene rings is 2. The van der Waals surface area contributed by atoms with E-state index in [1.54, 1.807) is 16.4 Å². The third-order valence-corrected chi connectivity index (χ3v) is 7.80. The Morgan fingerprint density at radius 3 is 2.68 bits per heavy atom. The van der Waals surface area contributed by atoms with Crippen LogP contribution < -0.4 is 9.47 Å². The second-order valence-electron chi connectivity index (χ2n) is 7.71. The maximum atomic E-state index is 13.0. The van der Waals surface area contributed by atoms with Crippen molar-refractivity contribution in [2.45, 2.75) is 36.4 Å². The highest BCUT2D eigenvalue weighted by atomic mass is 32.2. The van der Waals surface area contributed by atoms with E-state index in [0.29, 0.717) is 18.0 Å². The lowest BCUT2D eigenvalue weighted by molar-refractivity contribution is 0.0426. The van der Waals surface area contributed by atoms with Crippen LogP contribution in [0.2, 0.25) is 0 Å². The van der Waals surface area contributed by atoms with E-state index in [1.807, 2.05) is 36.4 Å². The van der Waals surface area contributed by atoms with Gasteiger partial charge in [0.05, 0.1) is 4.90 Å². The first kappa shape index (κ1) is 18.0. The predicted octanol–water partition coefficient (Wildman–Crippen LogP) is 2.50. The van der Waals surface area contributed by atoms with Crippen LogP contribution in [0, 0.1) is 0 Å². The summed E-state index contributed by atoms with van der Waals surface area (Å²) in [7, 11) is -3.39. The Hall–Kier alpha value is -2.09. The molecule has 0 radical (unpaired) electrons. The van der Waals surface area contributed by atoms with E-state index < -0.39 is 10.0 Å². The molecule has 1 fully saturated rings. The van der Waals surface area contributed by atoms with Gasteiger partial charge in [-0.1, -0.05) is 30.3 Å². The van der Waals surface area contributed by atoms with Crippen molar-refractivity contribution < 1.29 is 17.9 Å². The molecule has 3 aliphatic rings. The average Bonchev–Trinajstić information content (AvgIpc) is 2.99. The van der Waals surface area contributed by atoms with E-state index in [4.69, 9.17) is 9.47 Å². The maximum Gasteiger partial charge on any atom is 0.243 e. The molecule has 2 aromatic carbocycles. The molecule has 148 valence electrons. The van der Waals surface area contributed by atoms with Gasteiger partial charge in [0.1, 0.15) is 12.7 Å². The summed E-state index contributed by atoms with van der Waals surface area (Å²) in [6, 6.07) is 15.1. The molecule has 0 saturated carbocycles. The monoisotopic (exact) mass is 400 g/mol.